The minimum absolute atomic E-state index is 0.0805. The van der Waals surface area contributed by atoms with E-state index in [1.165, 1.54) is 0 Å². The first-order valence-electron chi connectivity index (χ1n) is 8.25. The van der Waals surface area contributed by atoms with E-state index in [1.807, 2.05) is 0 Å². The molecular weight excluding hydrogens is 364 g/mol. The predicted octanol–water partition coefficient (Wildman–Crippen LogP) is -2.86. The summed E-state index contributed by atoms with van der Waals surface area (Å²) in [5, 5.41) is 33.6. The van der Waals surface area contributed by atoms with Crippen LogP contribution in [0.5, 0.6) is 0 Å². The number of carbonyl (C=O) groups excluding carboxylic acids is 3. The van der Waals surface area contributed by atoms with Crippen LogP contribution in [0.25, 0.3) is 0 Å². The minimum atomic E-state index is -1.59. The molecule has 0 fully saturated rings. The quantitative estimate of drug-likeness (QED) is 0.161. The van der Waals surface area contributed by atoms with Gasteiger partial charge in [-0.2, -0.15) is 0 Å². The Morgan fingerprint density at radius 1 is 0.889 bits per heavy atom. The second-order valence-corrected chi connectivity index (χ2v) is 5.78. The Morgan fingerprint density at radius 3 is 1.89 bits per heavy atom. The van der Waals surface area contributed by atoms with Crippen molar-refractivity contribution in [2.75, 3.05) is 13.2 Å². The number of carboxylic acids is 2. The van der Waals surface area contributed by atoms with Gasteiger partial charge in [0.05, 0.1) is 13.0 Å². The maximum Gasteiger partial charge on any atom is 0.326 e. The maximum absolute atomic E-state index is 12.3. The highest BCUT2D eigenvalue weighted by Crippen LogP contribution is 2.03. The Labute approximate surface area is 155 Å². The van der Waals surface area contributed by atoms with Crippen LogP contribution in [0, 0.1) is 0 Å². The summed E-state index contributed by atoms with van der Waals surface area (Å²) in [4.78, 5) is 57.5. The molecule has 0 aromatic carbocycles. The molecule has 3 atom stereocenters. The van der Waals surface area contributed by atoms with Gasteiger partial charge in [0, 0.05) is 6.92 Å². The van der Waals surface area contributed by atoms with E-state index < -0.39 is 60.8 Å². The first kappa shape index (κ1) is 24.3. The van der Waals surface area contributed by atoms with Gasteiger partial charge >= 0.3 is 11.9 Å². The van der Waals surface area contributed by atoms with Gasteiger partial charge in [-0.05, 0) is 25.8 Å². The lowest BCUT2D eigenvalue weighted by atomic mass is 10.1. The van der Waals surface area contributed by atoms with Crippen LogP contribution in [0.4, 0.5) is 0 Å². The van der Waals surface area contributed by atoms with Crippen LogP contribution in [0.15, 0.2) is 0 Å². The highest BCUT2D eigenvalue weighted by molar-refractivity contribution is 5.95. The number of aliphatic hydroxyl groups excluding tert-OH is 1. The molecule has 0 aliphatic carbocycles. The molecule has 0 spiro atoms. The average Bonchev–Trinajstić information content (AvgIpc) is 2.57. The van der Waals surface area contributed by atoms with E-state index in [2.05, 4.69) is 16.0 Å². The minimum Gasteiger partial charge on any atom is -0.481 e. The number of carbonyl (C=O) groups is 5. The molecule has 0 heterocycles. The molecule has 154 valence electrons. The summed E-state index contributed by atoms with van der Waals surface area (Å²) in [6.07, 6.45) is 0.241. The Kier molecular flexibility index (Phi) is 11.3. The van der Waals surface area contributed by atoms with Crippen LogP contribution >= 0.6 is 0 Å². The number of hydrogen-bond donors (Lipinski definition) is 7. The van der Waals surface area contributed by atoms with Crippen LogP contribution in [-0.2, 0) is 24.0 Å². The lowest BCUT2D eigenvalue weighted by molar-refractivity contribution is -0.143. The van der Waals surface area contributed by atoms with Gasteiger partial charge in [0.15, 0.2) is 0 Å². The maximum atomic E-state index is 12.3. The van der Waals surface area contributed by atoms with Crippen molar-refractivity contribution in [1.29, 1.82) is 0 Å². The van der Waals surface area contributed by atoms with Crippen LogP contribution in [0.2, 0.25) is 0 Å². The van der Waals surface area contributed by atoms with Crippen molar-refractivity contribution in [2.45, 2.75) is 50.7 Å². The molecule has 0 bridgehead atoms. The molecule has 0 aliphatic heterocycles. The second-order valence-electron chi connectivity index (χ2n) is 5.78. The highest BCUT2D eigenvalue weighted by atomic mass is 16.4. The summed E-state index contributed by atoms with van der Waals surface area (Å²) in [6, 6.07) is -4.25. The molecule has 8 N–H and O–H groups in total. The van der Waals surface area contributed by atoms with E-state index in [9.17, 15) is 24.0 Å². The molecule has 27 heavy (non-hydrogen) atoms. The molecule has 12 nitrogen and oxygen atoms in total. The molecule has 0 rings (SSSR count). The summed E-state index contributed by atoms with van der Waals surface area (Å²) in [5.41, 5.74) is 5.33. The number of carboxylic acid groups (broad SMARTS) is 2. The summed E-state index contributed by atoms with van der Waals surface area (Å²) in [6.45, 7) is 0.684. The zero-order chi connectivity index (χ0) is 21.0. The summed E-state index contributed by atoms with van der Waals surface area (Å²) in [5.74, 6) is -5.33. The standard InChI is InChI=1S/C15H26N4O8/c1-8(21)17-11(7-20)14(25)19-10(6-12(22)23)13(24)18-9(15(26)27)4-2-3-5-16/h9-11,20H,2-7,16H2,1H3,(H,17,21)(H,18,24)(H,19,25)(H,22,23)(H,26,27)/t9-,10-,11-/m0/s1. The number of amides is 3. The molecule has 0 saturated heterocycles. The molecule has 0 aromatic heterocycles. The van der Waals surface area contributed by atoms with E-state index in [4.69, 9.17) is 21.1 Å². The van der Waals surface area contributed by atoms with Crippen LogP contribution in [-0.4, -0.2) is 76.3 Å². The number of rotatable bonds is 13. The number of nitrogens with two attached hydrogens (primary N) is 1. The molecule has 0 aromatic rings. The molecular formula is C15H26N4O8. The Balaban J connectivity index is 5.11. The number of nitrogens with one attached hydrogen (secondary N) is 3. The highest BCUT2D eigenvalue weighted by Gasteiger charge is 2.30. The van der Waals surface area contributed by atoms with Gasteiger partial charge in [-0.1, -0.05) is 0 Å². The van der Waals surface area contributed by atoms with Crippen molar-refractivity contribution >= 4 is 29.7 Å². The van der Waals surface area contributed by atoms with Crippen LogP contribution in [0.3, 0.4) is 0 Å². The van der Waals surface area contributed by atoms with Crippen LogP contribution in [0.1, 0.15) is 32.6 Å². The van der Waals surface area contributed by atoms with Gasteiger partial charge in [-0.25, -0.2) is 4.79 Å². The van der Waals surface area contributed by atoms with Crippen molar-refractivity contribution in [1.82, 2.24) is 16.0 Å². The lowest BCUT2D eigenvalue weighted by Crippen LogP contribution is -2.56. The van der Waals surface area contributed by atoms with Gasteiger partial charge in [0.2, 0.25) is 17.7 Å². The number of aliphatic carboxylic acids is 2. The van der Waals surface area contributed by atoms with Crippen molar-refractivity contribution < 1.29 is 39.3 Å². The molecule has 0 aliphatic rings. The van der Waals surface area contributed by atoms with Crippen molar-refractivity contribution in [3.63, 3.8) is 0 Å². The fourth-order valence-corrected chi connectivity index (χ4v) is 2.12. The van der Waals surface area contributed by atoms with E-state index in [0.29, 0.717) is 19.4 Å². The van der Waals surface area contributed by atoms with Gasteiger partial charge in [0.1, 0.15) is 18.1 Å². The smallest absolute Gasteiger partial charge is 0.326 e. The topological polar surface area (TPSA) is 208 Å². The zero-order valence-electron chi connectivity index (χ0n) is 14.9. The van der Waals surface area contributed by atoms with E-state index in [1.54, 1.807) is 0 Å². The normalized spacial score (nSPS) is 13.7. The summed E-state index contributed by atoms with van der Waals surface area (Å²) < 4.78 is 0. The lowest BCUT2D eigenvalue weighted by Gasteiger charge is -2.22. The van der Waals surface area contributed by atoms with Gasteiger partial charge in [-0.3, -0.25) is 19.2 Å². The molecule has 0 unspecified atom stereocenters. The molecule has 3 amide bonds. The number of aliphatic hydroxyl groups is 1. The number of hydrogen-bond acceptors (Lipinski definition) is 7. The molecule has 0 radical (unpaired) electrons. The predicted molar refractivity (Wildman–Crippen MR) is 91.3 cm³/mol. The van der Waals surface area contributed by atoms with Crippen molar-refractivity contribution in [2.24, 2.45) is 5.73 Å². The third kappa shape index (κ3) is 10.1. The fourth-order valence-electron chi connectivity index (χ4n) is 2.12. The van der Waals surface area contributed by atoms with E-state index in [-0.39, 0.29) is 6.42 Å². The zero-order valence-corrected chi connectivity index (χ0v) is 14.9. The second kappa shape index (κ2) is 12.6. The monoisotopic (exact) mass is 390 g/mol. The first-order chi connectivity index (χ1) is 12.6. The van der Waals surface area contributed by atoms with Gasteiger partial charge < -0.3 is 37.0 Å². The van der Waals surface area contributed by atoms with E-state index in [0.717, 1.165) is 6.92 Å². The van der Waals surface area contributed by atoms with Gasteiger partial charge in [-0.15, -0.1) is 0 Å². The third-order valence-corrected chi connectivity index (χ3v) is 3.45. The van der Waals surface area contributed by atoms with E-state index >= 15 is 0 Å². The Morgan fingerprint density at radius 2 is 1.44 bits per heavy atom. The first-order valence-corrected chi connectivity index (χ1v) is 8.25. The SMILES string of the molecule is CC(=O)N[C@@H](CO)C(=O)N[C@@H](CC(=O)O)C(=O)N[C@@H](CCCCN)C(=O)O. The van der Waals surface area contributed by atoms with Crippen molar-refractivity contribution in [3.05, 3.63) is 0 Å². The summed E-state index contributed by atoms with van der Waals surface area (Å²) >= 11 is 0. The molecule has 0 saturated carbocycles. The third-order valence-electron chi connectivity index (χ3n) is 3.45. The Bertz CT molecular complexity index is 554. The largest absolute Gasteiger partial charge is 0.481 e. The molecule has 12 heteroatoms. The Hall–Kier alpha value is -2.73. The van der Waals surface area contributed by atoms with Gasteiger partial charge in [0.25, 0.3) is 0 Å². The number of unbranched alkanes of at least 4 members (excludes halogenated alkanes) is 1. The summed E-state index contributed by atoms with van der Waals surface area (Å²) in [7, 11) is 0. The average molecular weight is 390 g/mol. The van der Waals surface area contributed by atoms with Crippen molar-refractivity contribution in [3.8, 4) is 0 Å². The fraction of sp³-hybridized carbons (Fsp3) is 0.667. The van der Waals surface area contributed by atoms with Crippen LogP contribution < -0.4 is 21.7 Å².